The van der Waals surface area contributed by atoms with Crippen LogP contribution in [0.4, 0.5) is 0 Å². The van der Waals surface area contributed by atoms with Gasteiger partial charge in [0, 0.05) is 17.5 Å². The molecule has 3 N–H and O–H groups in total. The van der Waals surface area contributed by atoms with Crippen LogP contribution in [0.5, 0.6) is 0 Å². The highest BCUT2D eigenvalue weighted by Crippen LogP contribution is 2.19. The zero-order valence-electron chi connectivity index (χ0n) is 9.47. The van der Waals surface area contributed by atoms with E-state index in [2.05, 4.69) is 5.32 Å². The average molecular weight is 198 g/mol. The van der Waals surface area contributed by atoms with Crippen molar-refractivity contribution in [3.8, 4) is 0 Å². The first kappa shape index (κ1) is 11.5. The molecule has 2 atom stereocenters. The molecule has 0 aromatic heterocycles. The summed E-state index contributed by atoms with van der Waals surface area (Å²) >= 11 is 0. The predicted octanol–water partition coefficient (Wildman–Crippen LogP) is 1.42. The predicted molar refractivity (Wildman–Crippen MR) is 57.8 cm³/mol. The van der Waals surface area contributed by atoms with Gasteiger partial charge in [-0.25, -0.2) is 0 Å². The Morgan fingerprint density at radius 1 is 1.29 bits per heavy atom. The second-order valence-corrected chi connectivity index (χ2v) is 5.28. The lowest BCUT2D eigenvalue weighted by atomic mass is 9.89. The van der Waals surface area contributed by atoms with E-state index < -0.39 is 0 Å². The highest BCUT2D eigenvalue weighted by Gasteiger charge is 2.28. The number of carbonyl (C=O) groups is 1. The molecule has 3 heteroatoms. The zero-order valence-corrected chi connectivity index (χ0v) is 9.47. The van der Waals surface area contributed by atoms with Crippen LogP contribution < -0.4 is 11.1 Å². The van der Waals surface area contributed by atoms with Gasteiger partial charge in [0.25, 0.3) is 0 Å². The van der Waals surface area contributed by atoms with E-state index >= 15 is 0 Å². The van der Waals surface area contributed by atoms with Gasteiger partial charge in [-0.2, -0.15) is 0 Å². The number of hydrogen-bond acceptors (Lipinski definition) is 2. The third-order valence-electron chi connectivity index (χ3n) is 2.82. The lowest BCUT2D eigenvalue weighted by Crippen LogP contribution is -2.51. The van der Waals surface area contributed by atoms with Crippen molar-refractivity contribution in [3.05, 3.63) is 0 Å². The Kier molecular flexibility index (Phi) is 3.53. The summed E-state index contributed by atoms with van der Waals surface area (Å²) in [6, 6.07) is 0.338. The van der Waals surface area contributed by atoms with Crippen molar-refractivity contribution in [1.29, 1.82) is 0 Å². The molecule has 0 bridgehead atoms. The van der Waals surface area contributed by atoms with Gasteiger partial charge in [0.15, 0.2) is 0 Å². The van der Waals surface area contributed by atoms with Crippen LogP contribution in [-0.2, 0) is 4.79 Å². The Labute approximate surface area is 86.4 Å². The number of nitrogens with two attached hydrogens (primary N) is 1. The van der Waals surface area contributed by atoms with Gasteiger partial charge in [0.2, 0.25) is 5.91 Å². The van der Waals surface area contributed by atoms with Crippen LogP contribution in [0.15, 0.2) is 0 Å². The number of hydrogen-bond donors (Lipinski definition) is 2. The van der Waals surface area contributed by atoms with E-state index in [9.17, 15) is 4.79 Å². The molecule has 14 heavy (non-hydrogen) atoms. The molecule has 0 radical (unpaired) electrons. The van der Waals surface area contributed by atoms with E-state index in [0.717, 1.165) is 12.8 Å². The van der Waals surface area contributed by atoms with Crippen LogP contribution in [0, 0.1) is 5.41 Å². The van der Waals surface area contributed by atoms with Crippen LogP contribution in [0.25, 0.3) is 0 Å². The number of nitrogens with one attached hydrogen (secondary N) is 1. The van der Waals surface area contributed by atoms with Gasteiger partial charge in [0.1, 0.15) is 0 Å². The zero-order chi connectivity index (χ0) is 10.8. The Morgan fingerprint density at radius 3 is 2.36 bits per heavy atom. The summed E-state index contributed by atoms with van der Waals surface area (Å²) in [5.41, 5.74) is 5.65. The molecule has 1 rings (SSSR count). The molecule has 0 saturated heterocycles. The van der Waals surface area contributed by atoms with Crippen LogP contribution in [0.1, 0.15) is 46.5 Å². The lowest BCUT2D eigenvalue weighted by molar-refractivity contribution is -0.129. The molecule has 1 saturated carbocycles. The SMILES string of the molecule is CC(C)(C)C(=O)NC1CCCCC1N. The second-order valence-electron chi connectivity index (χ2n) is 5.28. The fourth-order valence-electron chi connectivity index (χ4n) is 1.72. The van der Waals surface area contributed by atoms with E-state index in [0.29, 0.717) is 0 Å². The van der Waals surface area contributed by atoms with Crippen molar-refractivity contribution in [3.63, 3.8) is 0 Å². The smallest absolute Gasteiger partial charge is 0.225 e. The summed E-state index contributed by atoms with van der Waals surface area (Å²) in [7, 11) is 0. The van der Waals surface area contributed by atoms with Crippen LogP contribution in [0.2, 0.25) is 0 Å². The summed E-state index contributed by atoms with van der Waals surface area (Å²) < 4.78 is 0. The van der Waals surface area contributed by atoms with E-state index in [1.807, 2.05) is 20.8 Å². The van der Waals surface area contributed by atoms with Crippen molar-refractivity contribution in [2.24, 2.45) is 11.1 Å². The van der Waals surface area contributed by atoms with Gasteiger partial charge in [-0.1, -0.05) is 33.6 Å². The summed E-state index contributed by atoms with van der Waals surface area (Å²) in [4.78, 5) is 11.7. The minimum atomic E-state index is -0.308. The highest BCUT2D eigenvalue weighted by molar-refractivity contribution is 5.81. The first-order valence-electron chi connectivity index (χ1n) is 5.48. The molecule has 82 valence electrons. The van der Waals surface area contributed by atoms with Crippen LogP contribution in [0.3, 0.4) is 0 Å². The lowest BCUT2D eigenvalue weighted by Gasteiger charge is -2.31. The molecule has 1 fully saturated rings. The highest BCUT2D eigenvalue weighted by atomic mass is 16.2. The van der Waals surface area contributed by atoms with Gasteiger partial charge < -0.3 is 11.1 Å². The fourth-order valence-corrected chi connectivity index (χ4v) is 1.72. The van der Waals surface area contributed by atoms with Gasteiger partial charge in [0.05, 0.1) is 0 Å². The first-order valence-corrected chi connectivity index (χ1v) is 5.48. The third kappa shape index (κ3) is 2.98. The van der Waals surface area contributed by atoms with Crippen LogP contribution in [-0.4, -0.2) is 18.0 Å². The molecule has 3 nitrogen and oxygen atoms in total. The molecular weight excluding hydrogens is 176 g/mol. The largest absolute Gasteiger partial charge is 0.351 e. The average Bonchev–Trinajstić information content (AvgIpc) is 2.07. The Morgan fingerprint density at radius 2 is 1.86 bits per heavy atom. The maximum Gasteiger partial charge on any atom is 0.225 e. The number of rotatable bonds is 1. The Bertz CT molecular complexity index is 208. The molecule has 0 heterocycles. The monoisotopic (exact) mass is 198 g/mol. The molecule has 0 aromatic rings. The van der Waals surface area contributed by atoms with Gasteiger partial charge in [-0.15, -0.1) is 0 Å². The normalized spacial score (nSPS) is 28.6. The van der Waals surface area contributed by atoms with Crippen molar-refractivity contribution < 1.29 is 4.79 Å². The van der Waals surface area contributed by atoms with E-state index in [1.54, 1.807) is 0 Å². The number of amides is 1. The van der Waals surface area contributed by atoms with E-state index in [-0.39, 0.29) is 23.4 Å². The van der Waals surface area contributed by atoms with Gasteiger partial charge in [-0.05, 0) is 12.8 Å². The second kappa shape index (κ2) is 4.30. The molecule has 1 aliphatic rings. The van der Waals surface area contributed by atoms with Crippen molar-refractivity contribution in [2.75, 3.05) is 0 Å². The fraction of sp³-hybridized carbons (Fsp3) is 0.909. The van der Waals surface area contributed by atoms with Gasteiger partial charge in [-0.3, -0.25) is 4.79 Å². The summed E-state index contributed by atoms with van der Waals surface area (Å²) in [5, 5.41) is 3.04. The van der Waals surface area contributed by atoms with Crippen LogP contribution >= 0.6 is 0 Å². The topological polar surface area (TPSA) is 55.1 Å². The Balaban J connectivity index is 2.46. The van der Waals surface area contributed by atoms with Crippen molar-refractivity contribution in [2.45, 2.75) is 58.5 Å². The standard InChI is InChI=1S/C11H22N2O/c1-11(2,3)10(14)13-9-7-5-4-6-8(9)12/h8-9H,4-7,12H2,1-3H3,(H,13,14). The molecule has 1 amide bonds. The molecule has 1 aliphatic carbocycles. The minimum Gasteiger partial charge on any atom is -0.351 e. The summed E-state index contributed by atoms with van der Waals surface area (Å²) in [6.07, 6.45) is 4.45. The third-order valence-corrected chi connectivity index (χ3v) is 2.82. The minimum absolute atomic E-state index is 0.111. The molecule has 0 aromatic carbocycles. The van der Waals surface area contributed by atoms with E-state index in [4.69, 9.17) is 5.73 Å². The Hall–Kier alpha value is -0.570. The molecule has 2 unspecified atom stereocenters. The maximum absolute atomic E-state index is 11.7. The van der Waals surface area contributed by atoms with Gasteiger partial charge >= 0.3 is 0 Å². The first-order chi connectivity index (χ1) is 6.41. The number of carbonyl (C=O) groups excluding carboxylic acids is 1. The van der Waals surface area contributed by atoms with Crippen molar-refractivity contribution >= 4 is 5.91 Å². The summed E-state index contributed by atoms with van der Waals surface area (Å²) in [5.74, 6) is 0.111. The summed E-state index contributed by atoms with van der Waals surface area (Å²) in [6.45, 7) is 5.78. The molecule has 0 spiro atoms. The maximum atomic E-state index is 11.7. The van der Waals surface area contributed by atoms with Crippen molar-refractivity contribution in [1.82, 2.24) is 5.32 Å². The quantitative estimate of drug-likeness (QED) is 0.669. The molecule has 0 aliphatic heterocycles. The molecular formula is C11H22N2O. The van der Waals surface area contributed by atoms with E-state index in [1.165, 1.54) is 12.8 Å².